The summed E-state index contributed by atoms with van der Waals surface area (Å²) in [5.41, 5.74) is -0.453. The van der Waals surface area contributed by atoms with Crippen LogP contribution in [0.2, 0.25) is 0 Å². The minimum absolute atomic E-state index is 0.151. The van der Waals surface area contributed by atoms with Gasteiger partial charge in [-0.15, -0.1) is 0 Å². The van der Waals surface area contributed by atoms with Crippen LogP contribution in [0.25, 0.3) is 0 Å². The van der Waals surface area contributed by atoms with Crippen molar-refractivity contribution in [1.29, 1.82) is 0 Å². The number of hydrogen-bond acceptors (Lipinski definition) is 2. The first-order valence-corrected chi connectivity index (χ1v) is 4.84. The number of carbonyl (C=O) groups is 1. The lowest BCUT2D eigenvalue weighted by Gasteiger charge is -2.40. The summed E-state index contributed by atoms with van der Waals surface area (Å²) in [6.07, 6.45) is 2.58. The van der Waals surface area contributed by atoms with E-state index in [1.165, 1.54) is 0 Å². The number of aliphatic carboxylic acids is 1. The molecule has 0 aromatic carbocycles. The smallest absolute Gasteiger partial charge is 0.323 e. The van der Waals surface area contributed by atoms with E-state index in [0.717, 1.165) is 25.8 Å². The molecule has 0 spiro atoms. The second kappa shape index (κ2) is 3.29. The molecule has 1 aliphatic rings. The maximum absolute atomic E-state index is 11.0. The minimum atomic E-state index is -0.692. The van der Waals surface area contributed by atoms with Gasteiger partial charge in [0.05, 0.1) is 0 Å². The van der Waals surface area contributed by atoms with Crippen molar-refractivity contribution in [2.75, 3.05) is 6.54 Å². The van der Waals surface area contributed by atoms with Gasteiger partial charge in [-0.1, -0.05) is 20.8 Å². The van der Waals surface area contributed by atoms with Crippen LogP contribution in [0.1, 0.15) is 40.0 Å². The third kappa shape index (κ3) is 2.44. The molecule has 1 fully saturated rings. The zero-order valence-corrected chi connectivity index (χ0v) is 8.68. The highest BCUT2D eigenvalue weighted by atomic mass is 16.4. The normalized spacial score (nSPS) is 20.8. The Kier molecular flexibility index (Phi) is 2.66. The second-order valence-electron chi connectivity index (χ2n) is 5.16. The van der Waals surface area contributed by atoms with Gasteiger partial charge in [0.2, 0.25) is 0 Å². The molecule has 0 amide bonds. The van der Waals surface area contributed by atoms with Crippen molar-refractivity contribution in [2.24, 2.45) is 5.41 Å². The van der Waals surface area contributed by atoms with Gasteiger partial charge in [0.25, 0.3) is 0 Å². The van der Waals surface area contributed by atoms with Gasteiger partial charge in [0.15, 0.2) is 0 Å². The fourth-order valence-electron chi connectivity index (χ4n) is 1.43. The van der Waals surface area contributed by atoms with Gasteiger partial charge in [0.1, 0.15) is 5.54 Å². The lowest BCUT2D eigenvalue weighted by atomic mass is 9.76. The summed E-state index contributed by atoms with van der Waals surface area (Å²) in [5.74, 6) is -0.692. The maximum atomic E-state index is 11.0. The summed E-state index contributed by atoms with van der Waals surface area (Å²) in [4.78, 5) is 11.0. The van der Waals surface area contributed by atoms with E-state index in [1.807, 2.05) is 0 Å². The van der Waals surface area contributed by atoms with Crippen molar-refractivity contribution >= 4 is 5.97 Å². The Bertz CT molecular complexity index is 201. The first-order chi connectivity index (χ1) is 5.86. The summed E-state index contributed by atoms with van der Waals surface area (Å²) in [6.45, 7) is 7.08. The van der Waals surface area contributed by atoms with Gasteiger partial charge < -0.3 is 10.4 Å². The summed E-state index contributed by atoms with van der Waals surface area (Å²) >= 11 is 0. The fraction of sp³-hybridized carbons (Fsp3) is 0.900. The molecule has 0 unspecified atom stereocenters. The Morgan fingerprint density at radius 2 is 2.00 bits per heavy atom. The standard InChI is InChI=1S/C10H19NO2/c1-9(2,3)7-11-10(8(12)13)5-4-6-10/h11H,4-7H2,1-3H3,(H,12,13). The van der Waals surface area contributed by atoms with Gasteiger partial charge in [-0.2, -0.15) is 0 Å². The van der Waals surface area contributed by atoms with Crippen molar-refractivity contribution in [3.05, 3.63) is 0 Å². The monoisotopic (exact) mass is 185 g/mol. The van der Waals surface area contributed by atoms with Crippen LogP contribution in [0, 0.1) is 5.41 Å². The molecule has 0 aliphatic heterocycles. The van der Waals surface area contributed by atoms with Crippen LogP contribution in [0.15, 0.2) is 0 Å². The first-order valence-electron chi connectivity index (χ1n) is 4.84. The van der Waals surface area contributed by atoms with E-state index in [0.29, 0.717) is 0 Å². The van der Waals surface area contributed by atoms with Gasteiger partial charge in [-0.25, -0.2) is 0 Å². The predicted molar refractivity (Wildman–Crippen MR) is 51.7 cm³/mol. The molecule has 3 nitrogen and oxygen atoms in total. The maximum Gasteiger partial charge on any atom is 0.323 e. The molecule has 0 aromatic heterocycles. The molecule has 0 saturated heterocycles. The number of carboxylic acids is 1. The SMILES string of the molecule is CC(C)(C)CNC1(C(=O)O)CCC1. The molecular formula is C10H19NO2. The average Bonchev–Trinajstić information content (AvgIpc) is 1.80. The van der Waals surface area contributed by atoms with Crippen LogP contribution in [-0.2, 0) is 4.79 Å². The van der Waals surface area contributed by atoms with E-state index in [1.54, 1.807) is 0 Å². The van der Waals surface area contributed by atoms with E-state index in [4.69, 9.17) is 5.11 Å². The zero-order valence-electron chi connectivity index (χ0n) is 8.68. The Hall–Kier alpha value is -0.570. The molecule has 1 rings (SSSR count). The van der Waals surface area contributed by atoms with Crippen LogP contribution in [0.4, 0.5) is 0 Å². The van der Waals surface area contributed by atoms with E-state index in [-0.39, 0.29) is 5.41 Å². The van der Waals surface area contributed by atoms with Crippen LogP contribution in [0.5, 0.6) is 0 Å². The van der Waals surface area contributed by atoms with E-state index >= 15 is 0 Å². The van der Waals surface area contributed by atoms with Gasteiger partial charge in [-0.05, 0) is 24.7 Å². The molecule has 13 heavy (non-hydrogen) atoms. The zero-order chi connectivity index (χ0) is 10.1. The Morgan fingerprint density at radius 1 is 1.46 bits per heavy atom. The molecule has 0 heterocycles. The van der Waals surface area contributed by atoms with Crippen molar-refractivity contribution in [3.8, 4) is 0 Å². The third-order valence-electron chi connectivity index (χ3n) is 2.57. The number of carboxylic acid groups (broad SMARTS) is 1. The van der Waals surface area contributed by atoms with Crippen LogP contribution < -0.4 is 5.32 Å². The van der Waals surface area contributed by atoms with Gasteiger partial charge >= 0.3 is 5.97 Å². The lowest BCUT2D eigenvalue weighted by molar-refractivity contribution is -0.149. The van der Waals surface area contributed by atoms with Crippen molar-refractivity contribution < 1.29 is 9.90 Å². The number of hydrogen-bond donors (Lipinski definition) is 2. The number of rotatable bonds is 3. The number of nitrogens with one attached hydrogen (secondary N) is 1. The summed E-state index contributed by atoms with van der Waals surface area (Å²) in [6, 6.07) is 0. The molecule has 2 N–H and O–H groups in total. The van der Waals surface area contributed by atoms with E-state index in [2.05, 4.69) is 26.1 Å². The summed E-state index contributed by atoms with van der Waals surface area (Å²) in [5, 5.41) is 12.2. The highest BCUT2D eigenvalue weighted by Gasteiger charge is 2.44. The van der Waals surface area contributed by atoms with E-state index < -0.39 is 11.5 Å². The molecular weight excluding hydrogens is 166 g/mol. The lowest BCUT2D eigenvalue weighted by Crippen LogP contribution is -2.58. The fourth-order valence-corrected chi connectivity index (χ4v) is 1.43. The van der Waals surface area contributed by atoms with Crippen molar-refractivity contribution in [1.82, 2.24) is 5.32 Å². The third-order valence-corrected chi connectivity index (χ3v) is 2.57. The predicted octanol–water partition coefficient (Wildman–Crippen LogP) is 1.63. The molecule has 0 atom stereocenters. The molecule has 76 valence electrons. The molecule has 0 aromatic rings. The van der Waals surface area contributed by atoms with Crippen molar-refractivity contribution in [2.45, 2.75) is 45.6 Å². The van der Waals surface area contributed by atoms with E-state index in [9.17, 15) is 4.79 Å². The Labute approximate surface area is 79.5 Å². The quantitative estimate of drug-likeness (QED) is 0.702. The average molecular weight is 185 g/mol. The summed E-state index contributed by atoms with van der Waals surface area (Å²) in [7, 11) is 0. The second-order valence-corrected chi connectivity index (χ2v) is 5.16. The highest BCUT2D eigenvalue weighted by molar-refractivity contribution is 5.79. The van der Waals surface area contributed by atoms with Crippen molar-refractivity contribution in [3.63, 3.8) is 0 Å². The Balaban J connectivity index is 2.46. The largest absolute Gasteiger partial charge is 0.480 e. The molecule has 3 heteroatoms. The Morgan fingerprint density at radius 3 is 2.23 bits per heavy atom. The minimum Gasteiger partial charge on any atom is -0.480 e. The van der Waals surface area contributed by atoms with Gasteiger partial charge in [0, 0.05) is 6.54 Å². The molecule has 0 bridgehead atoms. The van der Waals surface area contributed by atoms with Crippen LogP contribution in [0.3, 0.4) is 0 Å². The first kappa shape index (κ1) is 10.5. The summed E-state index contributed by atoms with van der Waals surface area (Å²) < 4.78 is 0. The van der Waals surface area contributed by atoms with Crippen LogP contribution >= 0.6 is 0 Å². The van der Waals surface area contributed by atoms with Gasteiger partial charge in [-0.3, -0.25) is 4.79 Å². The molecule has 1 aliphatic carbocycles. The van der Waals surface area contributed by atoms with Crippen LogP contribution in [-0.4, -0.2) is 23.2 Å². The molecule has 0 radical (unpaired) electrons. The molecule has 1 saturated carbocycles. The highest BCUT2D eigenvalue weighted by Crippen LogP contribution is 2.32. The topological polar surface area (TPSA) is 49.3 Å².